The highest BCUT2D eigenvalue weighted by atomic mass is 19.1. The molecule has 6 heteroatoms. The summed E-state index contributed by atoms with van der Waals surface area (Å²) in [5, 5.41) is 4.83. The highest BCUT2D eigenvalue weighted by molar-refractivity contribution is 5.64. The highest BCUT2D eigenvalue weighted by Crippen LogP contribution is 2.56. The van der Waals surface area contributed by atoms with E-state index in [-0.39, 0.29) is 5.41 Å². The van der Waals surface area contributed by atoms with E-state index >= 15 is 0 Å². The average Bonchev–Trinajstić information content (AvgIpc) is 3.34. The predicted molar refractivity (Wildman–Crippen MR) is 104 cm³/mol. The number of nitrogens with zero attached hydrogens (tertiary/aromatic N) is 4. The van der Waals surface area contributed by atoms with Crippen molar-refractivity contribution < 1.29 is 8.78 Å². The molecule has 3 aromatic rings. The summed E-state index contributed by atoms with van der Waals surface area (Å²) >= 11 is 0. The van der Waals surface area contributed by atoms with Crippen LogP contribution in [0.1, 0.15) is 68.8 Å². The molecule has 28 heavy (non-hydrogen) atoms. The molecule has 0 amide bonds. The van der Waals surface area contributed by atoms with E-state index in [1.54, 1.807) is 4.68 Å². The van der Waals surface area contributed by atoms with Gasteiger partial charge in [0.15, 0.2) is 11.6 Å². The second kappa shape index (κ2) is 5.75. The Morgan fingerprint density at radius 1 is 1.11 bits per heavy atom. The van der Waals surface area contributed by atoms with Crippen LogP contribution in [0, 0.1) is 11.6 Å². The zero-order valence-electron chi connectivity index (χ0n) is 16.6. The minimum absolute atomic E-state index is 0.0339. The monoisotopic (exact) mass is 382 g/mol. The number of benzene rings is 1. The van der Waals surface area contributed by atoms with Crippen LogP contribution in [0.3, 0.4) is 0 Å². The van der Waals surface area contributed by atoms with Crippen LogP contribution < -0.4 is 0 Å². The molecule has 0 saturated heterocycles. The van der Waals surface area contributed by atoms with Crippen molar-refractivity contribution in [3.63, 3.8) is 0 Å². The van der Waals surface area contributed by atoms with E-state index in [4.69, 9.17) is 10.1 Å². The van der Waals surface area contributed by atoms with Crippen LogP contribution in [0.25, 0.3) is 17.2 Å². The van der Waals surface area contributed by atoms with Crippen molar-refractivity contribution in [1.82, 2.24) is 19.3 Å². The molecule has 5 rings (SSSR count). The Labute approximate surface area is 163 Å². The van der Waals surface area contributed by atoms with Gasteiger partial charge in [-0.2, -0.15) is 5.10 Å². The number of rotatable bonds is 2. The van der Waals surface area contributed by atoms with Gasteiger partial charge in [-0.1, -0.05) is 20.8 Å². The lowest BCUT2D eigenvalue weighted by Crippen LogP contribution is -2.16. The lowest BCUT2D eigenvalue weighted by Gasteiger charge is -2.19. The number of imidazole rings is 1. The van der Waals surface area contributed by atoms with Crippen molar-refractivity contribution in [2.45, 2.75) is 57.3 Å². The molecule has 1 aromatic carbocycles. The van der Waals surface area contributed by atoms with Crippen molar-refractivity contribution in [3.05, 3.63) is 53.0 Å². The zero-order valence-corrected chi connectivity index (χ0v) is 16.6. The Kier molecular flexibility index (Phi) is 3.61. The van der Waals surface area contributed by atoms with Crippen molar-refractivity contribution in [3.8, 4) is 17.2 Å². The lowest BCUT2D eigenvalue weighted by molar-refractivity contribution is 0.544. The van der Waals surface area contributed by atoms with E-state index in [9.17, 15) is 8.78 Å². The summed E-state index contributed by atoms with van der Waals surface area (Å²) in [5.41, 5.74) is 4.52. The van der Waals surface area contributed by atoms with Crippen LogP contribution >= 0.6 is 0 Å². The molecule has 2 aliphatic rings. The molecule has 4 nitrogen and oxygen atoms in total. The van der Waals surface area contributed by atoms with Gasteiger partial charge in [-0.05, 0) is 37.3 Å². The first-order valence-corrected chi connectivity index (χ1v) is 9.86. The molecule has 2 atom stereocenters. The number of hydrogen-bond donors (Lipinski definition) is 0. The summed E-state index contributed by atoms with van der Waals surface area (Å²) < 4.78 is 31.8. The molecule has 0 radical (unpaired) electrons. The van der Waals surface area contributed by atoms with Gasteiger partial charge in [0.05, 0.1) is 5.69 Å². The topological polar surface area (TPSA) is 35.6 Å². The maximum atomic E-state index is 14.6. The third-order valence-corrected chi connectivity index (χ3v) is 6.29. The molecular weight excluding hydrogens is 358 g/mol. The summed E-state index contributed by atoms with van der Waals surface area (Å²) in [7, 11) is 2.01. The number of aromatic nitrogens is 4. The van der Waals surface area contributed by atoms with Crippen LogP contribution in [0.15, 0.2) is 24.4 Å². The first kappa shape index (κ1) is 17.6. The van der Waals surface area contributed by atoms with E-state index in [1.807, 2.05) is 13.2 Å². The fraction of sp³-hybridized carbons (Fsp3) is 0.455. The van der Waals surface area contributed by atoms with Crippen LogP contribution in [-0.4, -0.2) is 19.3 Å². The second-order valence-electron chi connectivity index (χ2n) is 9.14. The molecule has 1 saturated carbocycles. The Morgan fingerprint density at radius 3 is 2.54 bits per heavy atom. The third-order valence-electron chi connectivity index (χ3n) is 6.29. The van der Waals surface area contributed by atoms with Crippen molar-refractivity contribution >= 4 is 0 Å². The van der Waals surface area contributed by atoms with Gasteiger partial charge in [0.1, 0.15) is 17.2 Å². The SMILES string of the molecule is Cn1c(C(C)(C)C)cnc1-c1nn(-c2ccc(F)cc2F)c2c1C1CCC2C1. The summed E-state index contributed by atoms with van der Waals surface area (Å²) in [6.45, 7) is 6.48. The van der Waals surface area contributed by atoms with Gasteiger partial charge in [0, 0.05) is 41.9 Å². The summed E-state index contributed by atoms with van der Waals surface area (Å²) in [5.74, 6) is 0.477. The Balaban J connectivity index is 1.74. The summed E-state index contributed by atoms with van der Waals surface area (Å²) in [4.78, 5) is 4.69. The zero-order chi connectivity index (χ0) is 19.8. The Hall–Kier alpha value is -2.50. The van der Waals surface area contributed by atoms with Gasteiger partial charge in [-0.15, -0.1) is 0 Å². The normalized spacial score (nSPS) is 20.8. The minimum atomic E-state index is -0.588. The number of halogens is 2. The highest BCUT2D eigenvalue weighted by Gasteiger charge is 2.44. The Morgan fingerprint density at radius 2 is 1.86 bits per heavy atom. The molecule has 2 aromatic heterocycles. The molecule has 146 valence electrons. The molecule has 2 unspecified atom stereocenters. The summed E-state index contributed by atoms with van der Waals surface area (Å²) in [6.07, 6.45) is 5.23. The molecule has 2 heterocycles. The molecule has 1 fully saturated rings. The molecule has 0 aliphatic heterocycles. The first-order valence-electron chi connectivity index (χ1n) is 9.86. The van der Waals surface area contributed by atoms with Crippen LogP contribution in [-0.2, 0) is 12.5 Å². The van der Waals surface area contributed by atoms with Gasteiger partial charge >= 0.3 is 0 Å². The smallest absolute Gasteiger partial charge is 0.160 e. The van der Waals surface area contributed by atoms with E-state index in [1.165, 1.54) is 17.7 Å². The average molecular weight is 382 g/mol. The fourth-order valence-electron chi connectivity index (χ4n) is 5.06. The number of fused-ring (bicyclic) bond motifs is 5. The lowest BCUT2D eigenvalue weighted by atomic mass is 9.92. The maximum absolute atomic E-state index is 14.6. The van der Waals surface area contributed by atoms with Crippen LogP contribution in [0.5, 0.6) is 0 Å². The van der Waals surface area contributed by atoms with Crippen LogP contribution in [0.4, 0.5) is 8.78 Å². The fourth-order valence-corrected chi connectivity index (χ4v) is 5.06. The quantitative estimate of drug-likeness (QED) is 0.610. The van der Waals surface area contributed by atoms with Crippen LogP contribution in [0.2, 0.25) is 0 Å². The van der Waals surface area contributed by atoms with Gasteiger partial charge in [-0.25, -0.2) is 18.4 Å². The molecule has 0 spiro atoms. The summed E-state index contributed by atoms with van der Waals surface area (Å²) in [6, 6.07) is 3.69. The number of hydrogen-bond acceptors (Lipinski definition) is 2. The van der Waals surface area contributed by atoms with Crippen molar-refractivity contribution in [2.75, 3.05) is 0 Å². The molecular formula is C22H24F2N4. The van der Waals surface area contributed by atoms with Gasteiger partial charge in [0.2, 0.25) is 0 Å². The van der Waals surface area contributed by atoms with Gasteiger partial charge < -0.3 is 4.57 Å². The maximum Gasteiger partial charge on any atom is 0.160 e. The van der Waals surface area contributed by atoms with Crippen molar-refractivity contribution in [1.29, 1.82) is 0 Å². The molecule has 2 bridgehead atoms. The van der Waals surface area contributed by atoms with E-state index in [0.29, 0.717) is 17.5 Å². The van der Waals surface area contributed by atoms with Gasteiger partial charge in [0.25, 0.3) is 0 Å². The molecule has 0 N–H and O–H groups in total. The second-order valence-corrected chi connectivity index (χ2v) is 9.14. The van der Waals surface area contributed by atoms with E-state index < -0.39 is 11.6 Å². The van der Waals surface area contributed by atoms with Gasteiger partial charge in [-0.3, -0.25) is 0 Å². The largest absolute Gasteiger partial charge is 0.329 e. The predicted octanol–water partition coefficient (Wildman–Crippen LogP) is 5.21. The third kappa shape index (κ3) is 2.39. The standard InChI is InChI=1S/C22H24F2N4/c1-22(2,3)17-11-25-21(27(17)4)19-18-12-5-6-13(9-12)20(18)28(26-19)16-8-7-14(23)10-15(16)24/h7-8,10-13H,5-6,9H2,1-4H3. The van der Waals surface area contributed by atoms with E-state index in [0.717, 1.165) is 48.2 Å². The molecule has 2 aliphatic carbocycles. The first-order chi connectivity index (χ1) is 13.3. The van der Waals surface area contributed by atoms with Crippen molar-refractivity contribution in [2.24, 2.45) is 7.05 Å². The van der Waals surface area contributed by atoms with E-state index in [2.05, 4.69) is 25.3 Å². The minimum Gasteiger partial charge on any atom is -0.329 e. The Bertz CT molecular complexity index is 1090.